The molecule has 0 bridgehead atoms. The van der Waals surface area contributed by atoms with E-state index in [1.165, 1.54) is 4.90 Å². The molecule has 0 saturated heterocycles. The molecule has 10 heteroatoms. The molecule has 0 aliphatic heterocycles. The third-order valence-corrected chi connectivity index (χ3v) is 10.6. The topological polar surface area (TPSA) is 86.8 Å². The van der Waals surface area contributed by atoms with Gasteiger partial charge in [0, 0.05) is 22.6 Å². The second kappa shape index (κ2) is 14.1. The lowest BCUT2D eigenvalue weighted by atomic mass is 9.95. The quantitative estimate of drug-likeness (QED) is 0.258. The predicted octanol–water partition coefficient (Wildman–Crippen LogP) is 6.98. The fourth-order valence-corrected chi connectivity index (χ4v) is 7.28. The monoisotopic (exact) mass is 643 g/mol. The summed E-state index contributed by atoms with van der Waals surface area (Å²) < 4.78 is 29.4. The van der Waals surface area contributed by atoms with Crippen LogP contribution in [0.25, 0.3) is 0 Å². The van der Waals surface area contributed by atoms with Crippen molar-refractivity contribution in [3.05, 3.63) is 93.0 Å². The number of hydrogen-bond acceptors (Lipinski definition) is 4. The summed E-state index contributed by atoms with van der Waals surface area (Å²) in [6.07, 6.45) is 5.02. The molecule has 1 atom stereocenters. The van der Waals surface area contributed by atoms with Crippen molar-refractivity contribution in [2.24, 2.45) is 0 Å². The molecule has 0 radical (unpaired) electrons. The summed E-state index contributed by atoms with van der Waals surface area (Å²) in [7, 11) is -4.15. The van der Waals surface area contributed by atoms with Crippen molar-refractivity contribution < 1.29 is 18.0 Å². The van der Waals surface area contributed by atoms with Crippen molar-refractivity contribution in [2.45, 2.75) is 83.3 Å². The van der Waals surface area contributed by atoms with Crippen LogP contribution in [0, 0.1) is 20.8 Å². The van der Waals surface area contributed by atoms with E-state index in [0.29, 0.717) is 21.3 Å². The van der Waals surface area contributed by atoms with Gasteiger partial charge in [-0.15, -0.1) is 0 Å². The molecule has 1 saturated carbocycles. The van der Waals surface area contributed by atoms with Gasteiger partial charge < -0.3 is 10.2 Å². The molecule has 2 amide bonds. The van der Waals surface area contributed by atoms with E-state index < -0.39 is 28.5 Å². The van der Waals surface area contributed by atoms with Crippen molar-refractivity contribution in [3.8, 4) is 0 Å². The number of nitrogens with zero attached hydrogens (tertiary/aromatic N) is 2. The first-order valence-corrected chi connectivity index (χ1v) is 16.8. The van der Waals surface area contributed by atoms with Crippen LogP contribution in [-0.4, -0.2) is 43.8 Å². The highest BCUT2D eigenvalue weighted by Crippen LogP contribution is 2.30. The Bertz CT molecular complexity index is 1570. The molecule has 1 fully saturated rings. The van der Waals surface area contributed by atoms with E-state index in [2.05, 4.69) is 5.32 Å². The van der Waals surface area contributed by atoms with Gasteiger partial charge in [-0.1, -0.05) is 78.4 Å². The molecular formula is C33H39Cl2N3O4S. The lowest BCUT2D eigenvalue weighted by Gasteiger charge is -2.34. The van der Waals surface area contributed by atoms with Gasteiger partial charge in [0.1, 0.15) is 12.6 Å². The van der Waals surface area contributed by atoms with Gasteiger partial charge in [0.25, 0.3) is 10.0 Å². The number of nitrogens with one attached hydrogen (secondary N) is 1. The first kappa shape index (κ1) is 32.8. The summed E-state index contributed by atoms with van der Waals surface area (Å²) in [5.74, 6) is -0.820. The maximum atomic E-state index is 14.2. The minimum absolute atomic E-state index is 0.000687. The van der Waals surface area contributed by atoms with Gasteiger partial charge in [-0.2, -0.15) is 0 Å². The van der Waals surface area contributed by atoms with Gasteiger partial charge >= 0.3 is 0 Å². The van der Waals surface area contributed by atoms with Crippen LogP contribution in [0.3, 0.4) is 0 Å². The van der Waals surface area contributed by atoms with E-state index in [1.807, 2.05) is 26.8 Å². The summed E-state index contributed by atoms with van der Waals surface area (Å²) in [5, 5.41) is 3.90. The first-order chi connectivity index (χ1) is 20.4. The lowest BCUT2D eigenvalue weighted by molar-refractivity contribution is -0.139. The number of rotatable bonds is 10. The number of aryl methyl sites for hydroxylation is 2. The Morgan fingerprint density at radius 3 is 2.28 bits per heavy atom. The second-order valence-electron chi connectivity index (χ2n) is 11.3. The Hall–Kier alpha value is -3.07. The van der Waals surface area contributed by atoms with Crippen LogP contribution in [0.5, 0.6) is 0 Å². The second-order valence-corrected chi connectivity index (χ2v) is 14.0. The summed E-state index contributed by atoms with van der Waals surface area (Å²) in [6.45, 7) is 6.76. The average molecular weight is 645 g/mol. The molecule has 3 aromatic rings. The van der Waals surface area contributed by atoms with Crippen molar-refractivity contribution in [1.29, 1.82) is 0 Å². The van der Waals surface area contributed by atoms with Gasteiger partial charge in [0.05, 0.1) is 10.6 Å². The van der Waals surface area contributed by atoms with E-state index in [4.69, 9.17) is 23.2 Å². The molecule has 0 spiro atoms. The molecule has 0 heterocycles. The van der Waals surface area contributed by atoms with E-state index in [-0.39, 0.29) is 23.4 Å². The van der Waals surface area contributed by atoms with Crippen molar-refractivity contribution in [2.75, 3.05) is 10.8 Å². The van der Waals surface area contributed by atoms with Crippen LogP contribution in [0.1, 0.15) is 61.3 Å². The zero-order valence-electron chi connectivity index (χ0n) is 25.1. The number of amides is 2. The Balaban J connectivity index is 1.73. The minimum Gasteiger partial charge on any atom is -0.352 e. The molecule has 1 aliphatic carbocycles. The van der Waals surface area contributed by atoms with Gasteiger partial charge in [0.2, 0.25) is 11.8 Å². The highest BCUT2D eigenvalue weighted by atomic mass is 35.5. The Morgan fingerprint density at radius 1 is 0.953 bits per heavy atom. The predicted molar refractivity (Wildman–Crippen MR) is 173 cm³/mol. The highest BCUT2D eigenvalue weighted by Gasteiger charge is 2.34. The molecule has 0 aromatic heterocycles. The van der Waals surface area contributed by atoms with Gasteiger partial charge in [0.15, 0.2) is 0 Å². The molecule has 230 valence electrons. The molecular weight excluding hydrogens is 605 g/mol. The van der Waals surface area contributed by atoms with Gasteiger partial charge in [-0.05, 0) is 87.6 Å². The van der Waals surface area contributed by atoms with Crippen molar-refractivity contribution in [3.63, 3.8) is 0 Å². The number of benzene rings is 3. The van der Waals surface area contributed by atoms with Crippen molar-refractivity contribution in [1.82, 2.24) is 10.2 Å². The van der Waals surface area contributed by atoms with E-state index in [0.717, 1.165) is 53.1 Å². The van der Waals surface area contributed by atoms with Crippen LogP contribution < -0.4 is 9.62 Å². The van der Waals surface area contributed by atoms with Crippen molar-refractivity contribution >= 4 is 50.7 Å². The number of hydrogen-bond donors (Lipinski definition) is 1. The molecule has 43 heavy (non-hydrogen) atoms. The molecule has 1 unspecified atom stereocenters. The Kier molecular flexibility index (Phi) is 10.8. The summed E-state index contributed by atoms with van der Waals surface area (Å²) >= 11 is 12.6. The Morgan fingerprint density at radius 2 is 1.63 bits per heavy atom. The third-order valence-electron chi connectivity index (χ3n) is 8.21. The first-order valence-electron chi connectivity index (χ1n) is 14.6. The molecule has 3 aromatic carbocycles. The van der Waals surface area contributed by atoms with Crippen LogP contribution in [0.15, 0.2) is 65.6 Å². The normalized spacial score (nSPS) is 14.7. The standard InChI is InChI=1S/C33H39Cl2N3O4S/c1-22-13-17-29(18-14-22)43(41,42)38(31-12-8-9-23(2)24(31)3)21-32(39)37(20-26-15-16-27(34)19-30(26)35)25(4)33(40)36-28-10-6-5-7-11-28/h8-9,12-19,25,28H,5-7,10-11,20-21H2,1-4H3,(H,36,40). The van der Waals surface area contributed by atoms with Gasteiger partial charge in [-0.3, -0.25) is 13.9 Å². The van der Waals surface area contributed by atoms with Crippen LogP contribution in [0.2, 0.25) is 10.0 Å². The summed E-state index contributed by atoms with van der Waals surface area (Å²) in [4.78, 5) is 29.2. The molecule has 4 rings (SSSR count). The lowest BCUT2D eigenvalue weighted by Crippen LogP contribution is -2.53. The largest absolute Gasteiger partial charge is 0.352 e. The molecule has 1 N–H and O–H groups in total. The maximum absolute atomic E-state index is 14.2. The third kappa shape index (κ3) is 7.91. The van der Waals surface area contributed by atoms with Gasteiger partial charge in [-0.25, -0.2) is 8.42 Å². The van der Waals surface area contributed by atoms with E-state index in [9.17, 15) is 18.0 Å². The van der Waals surface area contributed by atoms with Crippen LogP contribution >= 0.6 is 23.2 Å². The number of anilines is 1. The van der Waals surface area contributed by atoms with Crippen LogP contribution in [-0.2, 0) is 26.2 Å². The number of carbonyl (C=O) groups is 2. The fourth-order valence-electron chi connectivity index (χ4n) is 5.34. The molecule has 1 aliphatic rings. The maximum Gasteiger partial charge on any atom is 0.264 e. The fraction of sp³-hybridized carbons (Fsp3) is 0.394. The number of sulfonamides is 1. The molecule has 7 nitrogen and oxygen atoms in total. The summed E-state index contributed by atoms with van der Waals surface area (Å²) in [5.41, 5.74) is 3.53. The zero-order chi connectivity index (χ0) is 31.3. The van der Waals surface area contributed by atoms with E-state index >= 15 is 0 Å². The van der Waals surface area contributed by atoms with E-state index in [1.54, 1.807) is 61.5 Å². The minimum atomic E-state index is -4.15. The Labute approximate surface area is 265 Å². The SMILES string of the molecule is Cc1ccc(S(=O)(=O)N(CC(=O)N(Cc2ccc(Cl)cc2Cl)C(C)C(=O)NC2CCCCC2)c2cccc(C)c2C)cc1. The van der Waals surface area contributed by atoms with Crippen LogP contribution in [0.4, 0.5) is 5.69 Å². The summed E-state index contributed by atoms with van der Waals surface area (Å²) in [6, 6.07) is 16.0. The average Bonchev–Trinajstić information content (AvgIpc) is 2.97. The zero-order valence-corrected chi connectivity index (χ0v) is 27.4. The number of halogens is 2. The smallest absolute Gasteiger partial charge is 0.264 e. The number of carbonyl (C=O) groups excluding carboxylic acids is 2. The highest BCUT2D eigenvalue weighted by molar-refractivity contribution is 7.92.